The summed E-state index contributed by atoms with van der Waals surface area (Å²) >= 11 is 0. The minimum Gasteiger partial charge on any atom is -0.347 e. The van der Waals surface area contributed by atoms with Crippen LogP contribution in [0.5, 0.6) is 0 Å². The SMILES string of the molecule is O=C(CCNCc1ccccn1)N1CCC2(CC1)OCCO2. The van der Waals surface area contributed by atoms with Gasteiger partial charge in [-0.25, -0.2) is 0 Å². The molecule has 0 unspecified atom stereocenters. The first-order valence-corrected chi connectivity index (χ1v) is 7.94. The van der Waals surface area contributed by atoms with Gasteiger partial charge in [-0.15, -0.1) is 0 Å². The molecule has 1 aromatic heterocycles. The first-order valence-electron chi connectivity index (χ1n) is 7.94. The molecule has 0 saturated carbocycles. The first kappa shape index (κ1) is 15.4. The Morgan fingerprint density at radius 3 is 2.73 bits per heavy atom. The number of pyridine rings is 1. The lowest BCUT2D eigenvalue weighted by Crippen LogP contribution is -2.47. The van der Waals surface area contributed by atoms with Gasteiger partial charge in [-0.3, -0.25) is 9.78 Å². The molecule has 2 fully saturated rings. The van der Waals surface area contributed by atoms with Crippen molar-refractivity contribution in [3.8, 4) is 0 Å². The van der Waals surface area contributed by atoms with E-state index in [1.165, 1.54) is 0 Å². The van der Waals surface area contributed by atoms with Crippen molar-refractivity contribution in [1.29, 1.82) is 0 Å². The second-order valence-electron chi connectivity index (χ2n) is 5.74. The number of likely N-dealkylation sites (tertiary alicyclic amines) is 1. The van der Waals surface area contributed by atoms with E-state index in [0.29, 0.717) is 32.7 Å². The maximum atomic E-state index is 12.2. The van der Waals surface area contributed by atoms with Gasteiger partial charge in [0.25, 0.3) is 0 Å². The van der Waals surface area contributed by atoms with Crippen molar-refractivity contribution in [3.05, 3.63) is 30.1 Å². The van der Waals surface area contributed by atoms with Crippen LogP contribution in [0.4, 0.5) is 0 Å². The van der Waals surface area contributed by atoms with Gasteiger partial charge in [0.15, 0.2) is 5.79 Å². The molecule has 1 N–H and O–H groups in total. The summed E-state index contributed by atoms with van der Waals surface area (Å²) in [7, 11) is 0. The summed E-state index contributed by atoms with van der Waals surface area (Å²) in [5.41, 5.74) is 0.991. The van der Waals surface area contributed by atoms with E-state index in [9.17, 15) is 4.79 Å². The van der Waals surface area contributed by atoms with Crippen molar-refractivity contribution in [2.24, 2.45) is 0 Å². The third-order valence-electron chi connectivity index (χ3n) is 4.24. The predicted molar refractivity (Wildman–Crippen MR) is 81.0 cm³/mol. The number of nitrogens with zero attached hydrogens (tertiary/aromatic N) is 2. The molecule has 0 aromatic carbocycles. The first-order chi connectivity index (χ1) is 10.8. The van der Waals surface area contributed by atoms with Gasteiger partial charge in [-0.1, -0.05) is 6.07 Å². The number of hydrogen-bond acceptors (Lipinski definition) is 5. The molecule has 6 heteroatoms. The fourth-order valence-corrected chi connectivity index (χ4v) is 2.96. The summed E-state index contributed by atoms with van der Waals surface area (Å²) in [6, 6.07) is 5.83. The van der Waals surface area contributed by atoms with E-state index in [0.717, 1.165) is 31.6 Å². The van der Waals surface area contributed by atoms with Crippen molar-refractivity contribution in [1.82, 2.24) is 15.2 Å². The van der Waals surface area contributed by atoms with Gasteiger partial charge in [-0.05, 0) is 12.1 Å². The fraction of sp³-hybridized carbons (Fsp3) is 0.625. The Morgan fingerprint density at radius 1 is 1.27 bits per heavy atom. The lowest BCUT2D eigenvalue weighted by Gasteiger charge is -2.37. The summed E-state index contributed by atoms with van der Waals surface area (Å²) in [6.07, 6.45) is 3.85. The standard InChI is InChI=1S/C16H23N3O3/c20-15(4-8-17-13-14-3-1-2-7-18-14)19-9-5-16(6-10-19)21-11-12-22-16/h1-3,7,17H,4-6,8-13H2. The van der Waals surface area contributed by atoms with Crippen LogP contribution in [0.2, 0.25) is 0 Å². The topological polar surface area (TPSA) is 63.7 Å². The minimum atomic E-state index is -0.409. The highest BCUT2D eigenvalue weighted by atomic mass is 16.7. The van der Waals surface area contributed by atoms with Crippen LogP contribution < -0.4 is 5.32 Å². The summed E-state index contributed by atoms with van der Waals surface area (Å²) < 4.78 is 11.4. The van der Waals surface area contributed by atoms with Crippen molar-refractivity contribution in [2.75, 3.05) is 32.8 Å². The summed E-state index contributed by atoms with van der Waals surface area (Å²) in [4.78, 5) is 18.4. The van der Waals surface area contributed by atoms with E-state index < -0.39 is 5.79 Å². The molecule has 0 bridgehead atoms. The summed E-state index contributed by atoms with van der Waals surface area (Å²) in [5, 5.41) is 3.26. The molecule has 2 saturated heterocycles. The van der Waals surface area contributed by atoms with Crippen LogP contribution in [0, 0.1) is 0 Å². The lowest BCUT2D eigenvalue weighted by molar-refractivity contribution is -0.187. The second-order valence-corrected chi connectivity index (χ2v) is 5.74. The van der Waals surface area contributed by atoms with Crippen LogP contribution in [0.15, 0.2) is 24.4 Å². The Hall–Kier alpha value is -1.50. The molecule has 22 heavy (non-hydrogen) atoms. The molecule has 2 aliphatic rings. The highest BCUT2D eigenvalue weighted by molar-refractivity contribution is 5.76. The van der Waals surface area contributed by atoms with E-state index in [4.69, 9.17) is 9.47 Å². The van der Waals surface area contributed by atoms with E-state index in [-0.39, 0.29) is 5.91 Å². The smallest absolute Gasteiger partial charge is 0.223 e. The van der Waals surface area contributed by atoms with Gasteiger partial charge >= 0.3 is 0 Å². The second kappa shape index (κ2) is 7.17. The molecule has 3 rings (SSSR count). The molecule has 3 heterocycles. The zero-order valence-electron chi connectivity index (χ0n) is 12.8. The van der Waals surface area contributed by atoms with Gasteiger partial charge in [-0.2, -0.15) is 0 Å². The average Bonchev–Trinajstić information content (AvgIpc) is 3.01. The third kappa shape index (κ3) is 3.82. The molecule has 1 aromatic rings. The van der Waals surface area contributed by atoms with Crippen LogP contribution in [0.3, 0.4) is 0 Å². The van der Waals surface area contributed by atoms with E-state index >= 15 is 0 Å². The average molecular weight is 305 g/mol. The van der Waals surface area contributed by atoms with Crippen LogP contribution in [0.1, 0.15) is 25.0 Å². The maximum absolute atomic E-state index is 12.2. The lowest BCUT2D eigenvalue weighted by atomic mass is 10.0. The van der Waals surface area contributed by atoms with Crippen LogP contribution in [0.25, 0.3) is 0 Å². The van der Waals surface area contributed by atoms with E-state index in [1.54, 1.807) is 6.20 Å². The monoisotopic (exact) mass is 305 g/mol. The Morgan fingerprint density at radius 2 is 2.05 bits per heavy atom. The van der Waals surface area contributed by atoms with Gasteiger partial charge in [0, 0.05) is 51.6 Å². The van der Waals surface area contributed by atoms with Crippen molar-refractivity contribution in [3.63, 3.8) is 0 Å². The number of carbonyl (C=O) groups excluding carboxylic acids is 1. The Labute approximate surface area is 130 Å². The zero-order chi connectivity index (χ0) is 15.3. The number of carbonyl (C=O) groups is 1. The van der Waals surface area contributed by atoms with Gasteiger partial charge in [0.1, 0.15) is 0 Å². The normalized spacial score (nSPS) is 20.5. The highest BCUT2D eigenvalue weighted by Crippen LogP contribution is 2.31. The Balaban J connectivity index is 1.34. The summed E-state index contributed by atoms with van der Waals surface area (Å²) in [5.74, 6) is -0.213. The largest absolute Gasteiger partial charge is 0.347 e. The molecule has 1 amide bonds. The number of ether oxygens (including phenoxy) is 2. The van der Waals surface area contributed by atoms with Crippen LogP contribution >= 0.6 is 0 Å². The number of nitrogens with one attached hydrogen (secondary N) is 1. The molecular formula is C16H23N3O3. The Bertz CT molecular complexity index is 479. The van der Waals surface area contributed by atoms with Gasteiger partial charge < -0.3 is 19.7 Å². The van der Waals surface area contributed by atoms with Crippen molar-refractivity contribution < 1.29 is 14.3 Å². The molecule has 0 radical (unpaired) electrons. The molecule has 6 nitrogen and oxygen atoms in total. The van der Waals surface area contributed by atoms with Gasteiger partial charge in [0.2, 0.25) is 5.91 Å². The third-order valence-corrected chi connectivity index (χ3v) is 4.24. The zero-order valence-corrected chi connectivity index (χ0v) is 12.8. The van der Waals surface area contributed by atoms with Crippen molar-refractivity contribution >= 4 is 5.91 Å². The molecule has 120 valence electrons. The predicted octanol–water partition coefficient (Wildman–Crippen LogP) is 0.927. The fourth-order valence-electron chi connectivity index (χ4n) is 2.96. The molecule has 1 spiro atoms. The van der Waals surface area contributed by atoms with Gasteiger partial charge in [0.05, 0.1) is 18.9 Å². The quantitative estimate of drug-likeness (QED) is 0.820. The number of rotatable bonds is 5. The summed E-state index contributed by atoms with van der Waals surface area (Å²) in [6.45, 7) is 4.15. The molecule has 0 aliphatic carbocycles. The maximum Gasteiger partial charge on any atom is 0.223 e. The number of piperidine rings is 1. The number of aromatic nitrogens is 1. The van der Waals surface area contributed by atoms with Crippen LogP contribution in [-0.4, -0.2) is 54.4 Å². The van der Waals surface area contributed by atoms with E-state index in [1.807, 2.05) is 23.1 Å². The molecule has 2 aliphatic heterocycles. The van der Waals surface area contributed by atoms with Crippen LogP contribution in [-0.2, 0) is 20.8 Å². The number of hydrogen-bond donors (Lipinski definition) is 1. The molecule has 0 atom stereocenters. The van der Waals surface area contributed by atoms with Crippen molar-refractivity contribution in [2.45, 2.75) is 31.6 Å². The van der Waals surface area contributed by atoms with E-state index in [2.05, 4.69) is 10.3 Å². The highest BCUT2D eigenvalue weighted by Gasteiger charge is 2.40. The number of amides is 1. The minimum absolute atomic E-state index is 0.196. The molecular weight excluding hydrogens is 282 g/mol. The Kier molecular flexibility index (Phi) is 5.02.